The minimum atomic E-state index is -2.79. The van der Waals surface area contributed by atoms with E-state index in [-0.39, 0.29) is 11.3 Å². The molecule has 0 aromatic heterocycles. The molecule has 0 fully saturated rings. The van der Waals surface area contributed by atoms with Gasteiger partial charge in [-0.05, 0) is 37.5 Å². The molecule has 1 rings (SSSR count). The Morgan fingerprint density at radius 1 is 1.40 bits per heavy atom. The van der Waals surface area contributed by atoms with Crippen LogP contribution < -0.4 is 15.8 Å². The fourth-order valence-electron chi connectivity index (χ4n) is 1.84. The number of nitrogens with one attached hydrogen (secondary N) is 1. The number of nitrogens with two attached hydrogens (primary N) is 1. The maximum atomic E-state index is 12.0. The second-order valence-corrected chi connectivity index (χ2v) is 4.96. The lowest BCUT2D eigenvalue weighted by Crippen LogP contribution is -2.49. The van der Waals surface area contributed by atoms with Crippen LogP contribution in [0.15, 0.2) is 36.9 Å². The van der Waals surface area contributed by atoms with Crippen molar-refractivity contribution in [1.29, 1.82) is 0 Å². The molecule has 0 aliphatic rings. The van der Waals surface area contributed by atoms with Crippen molar-refractivity contribution in [1.82, 2.24) is 5.32 Å². The Kier molecular flexibility index (Phi) is 6.61. The van der Waals surface area contributed by atoms with E-state index in [2.05, 4.69) is 23.6 Å². The summed E-state index contributed by atoms with van der Waals surface area (Å²) in [5.74, 6) is 0.176. The van der Waals surface area contributed by atoms with E-state index in [0.717, 1.165) is 18.4 Å². The molecular weight excluding hydrogens is 262 g/mol. The molecular formula is C15H22F2N2O. The van der Waals surface area contributed by atoms with Gasteiger partial charge in [0.1, 0.15) is 5.75 Å². The molecule has 0 heterocycles. The molecule has 1 atom stereocenters. The molecule has 3 N–H and O–H groups in total. The monoisotopic (exact) mass is 284 g/mol. The van der Waals surface area contributed by atoms with Crippen LogP contribution >= 0.6 is 0 Å². The van der Waals surface area contributed by atoms with Crippen LogP contribution in [0.5, 0.6) is 5.75 Å². The molecule has 5 heteroatoms. The fourth-order valence-corrected chi connectivity index (χ4v) is 1.84. The van der Waals surface area contributed by atoms with Gasteiger partial charge in [-0.15, -0.1) is 6.58 Å². The molecule has 1 aromatic rings. The molecule has 112 valence electrons. The molecule has 0 aliphatic heterocycles. The van der Waals surface area contributed by atoms with Crippen LogP contribution in [0.25, 0.3) is 0 Å². The summed E-state index contributed by atoms with van der Waals surface area (Å²) in [6.45, 7) is 4.17. The number of aryl methyl sites for hydroxylation is 1. The molecule has 0 spiro atoms. The van der Waals surface area contributed by atoms with Crippen molar-refractivity contribution in [3.63, 3.8) is 0 Å². The van der Waals surface area contributed by atoms with E-state index >= 15 is 0 Å². The van der Waals surface area contributed by atoms with Gasteiger partial charge in [-0.2, -0.15) is 8.78 Å². The molecule has 3 nitrogen and oxygen atoms in total. The predicted molar refractivity (Wildman–Crippen MR) is 77.1 cm³/mol. The molecule has 20 heavy (non-hydrogen) atoms. The topological polar surface area (TPSA) is 47.3 Å². The summed E-state index contributed by atoms with van der Waals surface area (Å²) in [4.78, 5) is 0. The molecule has 1 unspecified atom stereocenters. The van der Waals surface area contributed by atoms with Gasteiger partial charge < -0.3 is 15.8 Å². The Bertz CT molecular complexity index is 409. The minimum Gasteiger partial charge on any atom is -0.435 e. The van der Waals surface area contributed by atoms with Crippen molar-refractivity contribution >= 4 is 0 Å². The van der Waals surface area contributed by atoms with Gasteiger partial charge in [-0.1, -0.05) is 18.2 Å². The van der Waals surface area contributed by atoms with Crippen LogP contribution in [0.3, 0.4) is 0 Å². The van der Waals surface area contributed by atoms with Crippen LogP contribution in [0, 0.1) is 0 Å². The molecule has 0 saturated heterocycles. The first-order valence-corrected chi connectivity index (χ1v) is 6.59. The van der Waals surface area contributed by atoms with E-state index in [4.69, 9.17) is 5.73 Å². The SMILES string of the molecule is C=CCNC(C)(CN)CCc1ccc(OC(F)F)cc1. The van der Waals surface area contributed by atoms with Gasteiger partial charge in [0, 0.05) is 18.6 Å². The third-order valence-corrected chi connectivity index (χ3v) is 3.24. The van der Waals surface area contributed by atoms with Gasteiger partial charge in [-0.25, -0.2) is 0 Å². The van der Waals surface area contributed by atoms with Crippen LogP contribution in [0.1, 0.15) is 18.9 Å². The third-order valence-electron chi connectivity index (χ3n) is 3.24. The van der Waals surface area contributed by atoms with Crippen molar-refractivity contribution in [2.75, 3.05) is 13.1 Å². The largest absolute Gasteiger partial charge is 0.435 e. The average molecular weight is 284 g/mol. The fraction of sp³-hybridized carbons (Fsp3) is 0.467. The Morgan fingerprint density at radius 3 is 2.55 bits per heavy atom. The van der Waals surface area contributed by atoms with Gasteiger partial charge in [0.05, 0.1) is 0 Å². The van der Waals surface area contributed by atoms with Crippen LogP contribution in [-0.2, 0) is 6.42 Å². The van der Waals surface area contributed by atoms with E-state index in [0.29, 0.717) is 13.1 Å². The highest BCUT2D eigenvalue weighted by atomic mass is 19.3. The predicted octanol–water partition coefficient (Wildman–Crippen LogP) is 2.71. The maximum absolute atomic E-state index is 12.0. The van der Waals surface area contributed by atoms with Gasteiger partial charge in [-0.3, -0.25) is 0 Å². The number of alkyl halides is 2. The molecule has 0 bridgehead atoms. The zero-order valence-electron chi connectivity index (χ0n) is 11.7. The number of hydrogen-bond acceptors (Lipinski definition) is 3. The first-order chi connectivity index (χ1) is 9.49. The summed E-state index contributed by atoms with van der Waals surface area (Å²) in [5.41, 5.74) is 6.69. The summed E-state index contributed by atoms with van der Waals surface area (Å²) in [7, 11) is 0. The Morgan fingerprint density at radius 2 is 2.05 bits per heavy atom. The van der Waals surface area contributed by atoms with Crippen molar-refractivity contribution in [2.45, 2.75) is 31.9 Å². The standard InChI is InChI=1S/C15H22F2N2O/c1-3-10-19-15(2,11-18)9-8-12-4-6-13(7-5-12)20-14(16)17/h3-7,14,19H,1,8-11,18H2,2H3. The summed E-state index contributed by atoms with van der Waals surface area (Å²) >= 11 is 0. The zero-order valence-corrected chi connectivity index (χ0v) is 11.7. The molecule has 1 aromatic carbocycles. The normalized spacial score (nSPS) is 14.1. The highest BCUT2D eigenvalue weighted by Gasteiger charge is 2.20. The number of rotatable bonds is 9. The Labute approximate surface area is 118 Å². The van der Waals surface area contributed by atoms with E-state index in [1.807, 2.05) is 0 Å². The highest BCUT2D eigenvalue weighted by molar-refractivity contribution is 5.27. The Balaban J connectivity index is 2.53. The zero-order chi connectivity index (χ0) is 15.0. The first-order valence-electron chi connectivity index (χ1n) is 6.59. The summed E-state index contributed by atoms with van der Waals surface area (Å²) in [5, 5.41) is 3.34. The minimum absolute atomic E-state index is 0.160. The number of halogens is 2. The molecule has 0 saturated carbocycles. The summed E-state index contributed by atoms with van der Waals surface area (Å²) < 4.78 is 28.4. The van der Waals surface area contributed by atoms with E-state index in [1.54, 1.807) is 30.3 Å². The van der Waals surface area contributed by atoms with Crippen LogP contribution in [0.4, 0.5) is 8.78 Å². The van der Waals surface area contributed by atoms with Crippen molar-refractivity contribution in [3.8, 4) is 5.75 Å². The van der Waals surface area contributed by atoms with Crippen LogP contribution in [0.2, 0.25) is 0 Å². The van der Waals surface area contributed by atoms with Crippen LogP contribution in [-0.4, -0.2) is 25.2 Å². The van der Waals surface area contributed by atoms with Crippen molar-refractivity contribution in [3.05, 3.63) is 42.5 Å². The maximum Gasteiger partial charge on any atom is 0.387 e. The van der Waals surface area contributed by atoms with Gasteiger partial charge >= 0.3 is 6.61 Å². The smallest absolute Gasteiger partial charge is 0.387 e. The summed E-state index contributed by atoms with van der Waals surface area (Å²) in [6.07, 6.45) is 3.46. The number of ether oxygens (including phenoxy) is 1. The number of benzene rings is 1. The van der Waals surface area contributed by atoms with E-state index in [9.17, 15) is 8.78 Å². The average Bonchev–Trinajstić information content (AvgIpc) is 2.44. The highest BCUT2D eigenvalue weighted by Crippen LogP contribution is 2.18. The van der Waals surface area contributed by atoms with E-state index in [1.165, 1.54) is 0 Å². The van der Waals surface area contributed by atoms with Crippen molar-refractivity contribution < 1.29 is 13.5 Å². The van der Waals surface area contributed by atoms with E-state index < -0.39 is 6.61 Å². The first kappa shape index (κ1) is 16.6. The quantitative estimate of drug-likeness (QED) is 0.685. The van der Waals surface area contributed by atoms with Crippen molar-refractivity contribution in [2.24, 2.45) is 5.73 Å². The second-order valence-electron chi connectivity index (χ2n) is 4.96. The lowest BCUT2D eigenvalue weighted by molar-refractivity contribution is -0.0498. The van der Waals surface area contributed by atoms with Gasteiger partial charge in [0.15, 0.2) is 0 Å². The molecule has 0 radical (unpaired) electrons. The molecule has 0 aliphatic carbocycles. The molecule has 0 amide bonds. The van der Waals surface area contributed by atoms with Gasteiger partial charge in [0.25, 0.3) is 0 Å². The van der Waals surface area contributed by atoms with Gasteiger partial charge in [0.2, 0.25) is 0 Å². The lowest BCUT2D eigenvalue weighted by atomic mass is 9.93. The lowest BCUT2D eigenvalue weighted by Gasteiger charge is -2.29. The Hall–Kier alpha value is -1.46. The number of hydrogen-bond donors (Lipinski definition) is 2. The summed E-state index contributed by atoms with van der Waals surface area (Å²) in [6, 6.07) is 6.70. The third kappa shape index (κ3) is 5.67. The second kappa shape index (κ2) is 7.97.